The lowest BCUT2D eigenvalue weighted by molar-refractivity contribution is -0.137. The summed E-state index contributed by atoms with van der Waals surface area (Å²) in [6, 6.07) is 8.66. The molecule has 2 aromatic carbocycles. The maximum atomic E-state index is 12.9. The molecule has 0 atom stereocenters. The molecule has 1 aliphatic heterocycles. The number of carbonyl (C=O) groups is 1. The lowest BCUT2D eigenvalue weighted by atomic mass is 10.1. The summed E-state index contributed by atoms with van der Waals surface area (Å²) >= 11 is 11.7. The van der Waals surface area contributed by atoms with Crippen molar-refractivity contribution in [2.75, 3.05) is 46.9 Å². The third-order valence-electron chi connectivity index (χ3n) is 5.52. The second-order valence-electron chi connectivity index (χ2n) is 8.25. The summed E-state index contributed by atoms with van der Waals surface area (Å²) < 4.78 is 70.6. The number of halogens is 5. The summed E-state index contributed by atoms with van der Waals surface area (Å²) in [5, 5.41) is 1.90. The number of benzene rings is 2. The van der Waals surface area contributed by atoms with E-state index in [1.54, 1.807) is 7.05 Å². The molecule has 0 fully saturated rings. The fourth-order valence-electron chi connectivity index (χ4n) is 3.43. The zero-order valence-electron chi connectivity index (χ0n) is 20.0. The fourth-order valence-corrected chi connectivity index (χ4v) is 5.74. The number of sulfonamides is 1. The van der Waals surface area contributed by atoms with Gasteiger partial charge in [-0.15, -0.1) is 0 Å². The third-order valence-corrected chi connectivity index (χ3v) is 8.30. The van der Waals surface area contributed by atoms with Crippen molar-refractivity contribution in [2.24, 2.45) is 4.99 Å². The average molecular weight is 581 g/mol. The van der Waals surface area contributed by atoms with Crippen LogP contribution in [0.5, 0.6) is 0 Å². The van der Waals surface area contributed by atoms with E-state index in [4.69, 9.17) is 27.9 Å². The summed E-state index contributed by atoms with van der Waals surface area (Å²) in [4.78, 5) is 17.6. The van der Waals surface area contributed by atoms with Crippen LogP contribution in [0.4, 0.5) is 13.2 Å². The molecule has 1 N–H and O–H groups in total. The fraction of sp³-hybridized carbons (Fsp3) is 0.391. The van der Waals surface area contributed by atoms with E-state index >= 15 is 0 Å². The number of hydrogen-bond acceptors (Lipinski definition) is 6. The van der Waals surface area contributed by atoms with Crippen LogP contribution < -0.4 is 5.32 Å². The Bertz CT molecular complexity index is 1250. The Labute approximate surface area is 223 Å². The van der Waals surface area contributed by atoms with Gasteiger partial charge in [0.05, 0.1) is 28.8 Å². The van der Waals surface area contributed by atoms with E-state index in [2.05, 4.69) is 10.3 Å². The van der Waals surface area contributed by atoms with Gasteiger partial charge in [-0.3, -0.25) is 9.79 Å². The summed E-state index contributed by atoms with van der Waals surface area (Å²) in [6.45, 7) is 1.28. The van der Waals surface area contributed by atoms with Gasteiger partial charge in [0, 0.05) is 39.3 Å². The van der Waals surface area contributed by atoms with Gasteiger partial charge in [0.25, 0.3) is 0 Å². The van der Waals surface area contributed by atoms with Crippen LogP contribution in [0.3, 0.4) is 0 Å². The van der Waals surface area contributed by atoms with Crippen molar-refractivity contribution in [3.05, 3.63) is 63.1 Å². The summed E-state index contributed by atoms with van der Waals surface area (Å²) in [7, 11) is -1.50. The van der Waals surface area contributed by atoms with Gasteiger partial charge in [0.1, 0.15) is 17.3 Å². The average Bonchev–Trinajstić information content (AvgIpc) is 3.35. The molecule has 1 heterocycles. The minimum Gasteiger partial charge on any atom is -0.370 e. The largest absolute Gasteiger partial charge is 0.416 e. The molecule has 37 heavy (non-hydrogen) atoms. The lowest BCUT2D eigenvalue weighted by Gasteiger charge is -2.20. The predicted octanol–water partition coefficient (Wildman–Crippen LogP) is 3.66. The minimum absolute atomic E-state index is 0.144. The molecule has 2 aromatic rings. The van der Waals surface area contributed by atoms with E-state index in [0.29, 0.717) is 18.7 Å². The monoisotopic (exact) mass is 580 g/mol. The SMILES string of the molecule is CN(Cc1ccc(C2=NCCN2)cc1)C(=O)COCCN(C)S(=O)(=O)c1c(Cl)cc(C(F)(F)F)cc1Cl. The zero-order valence-corrected chi connectivity index (χ0v) is 22.3. The number of amidine groups is 1. The van der Waals surface area contributed by atoms with Crippen LogP contribution in [-0.2, 0) is 32.3 Å². The van der Waals surface area contributed by atoms with Gasteiger partial charge in [0.2, 0.25) is 15.9 Å². The molecule has 1 aliphatic rings. The van der Waals surface area contributed by atoms with Gasteiger partial charge in [-0.2, -0.15) is 17.5 Å². The van der Waals surface area contributed by atoms with Gasteiger partial charge in [-0.1, -0.05) is 47.5 Å². The van der Waals surface area contributed by atoms with Crippen molar-refractivity contribution >= 4 is 45.0 Å². The molecule has 1 amide bonds. The van der Waals surface area contributed by atoms with Gasteiger partial charge in [-0.25, -0.2) is 8.42 Å². The second kappa shape index (κ2) is 12.0. The molecule has 0 aliphatic carbocycles. The number of likely N-dealkylation sites (N-methyl/N-ethyl adjacent to an activating group) is 2. The number of nitrogens with zero attached hydrogens (tertiary/aromatic N) is 3. The molecular formula is C23H25Cl2F3N4O4S. The van der Waals surface area contributed by atoms with Gasteiger partial charge in [0.15, 0.2) is 0 Å². The number of nitrogens with one attached hydrogen (secondary N) is 1. The van der Waals surface area contributed by atoms with Crippen molar-refractivity contribution in [3.63, 3.8) is 0 Å². The molecule has 0 spiro atoms. The van der Waals surface area contributed by atoms with Gasteiger partial charge in [-0.05, 0) is 17.7 Å². The summed E-state index contributed by atoms with van der Waals surface area (Å²) in [6.07, 6.45) is -4.74. The first-order chi connectivity index (χ1) is 17.3. The predicted molar refractivity (Wildman–Crippen MR) is 134 cm³/mol. The van der Waals surface area contributed by atoms with E-state index in [9.17, 15) is 26.4 Å². The maximum absolute atomic E-state index is 12.9. The molecular weight excluding hydrogens is 556 g/mol. The van der Waals surface area contributed by atoms with Crippen LogP contribution in [0.1, 0.15) is 16.7 Å². The van der Waals surface area contributed by atoms with Crippen LogP contribution in [0.15, 0.2) is 46.3 Å². The first-order valence-corrected chi connectivity index (χ1v) is 13.2. The number of rotatable bonds is 10. The van der Waals surface area contributed by atoms with Crippen LogP contribution in [0.2, 0.25) is 10.0 Å². The lowest BCUT2D eigenvalue weighted by Crippen LogP contribution is -2.33. The Hall–Kier alpha value is -2.38. The van der Waals surface area contributed by atoms with Crippen molar-refractivity contribution in [1.29, 1.82) is 0 Å². The Morgan fingerprint density at radius 2 is 1.76 bits per heavy atom. The molecule has 202 valence electrons. The smallest absolute Gasteiger partial charge is 0.370 e. The molecule has 8 nitrogen and oxygen atoms in total. The third kappa shape index (κ3) is 7.35. The molecule has 3 rings (SSSR count). The van der Waals surface area contributed by atoms with Crippen LogP contribution >= 0.6 is 23.2 Å². The highest BCUT2D eigenvalue weighted by Crippen LogP contribution is 2.38. The van der Waals surface area contributed by atoms with Crippen LogP contribution in [0, 0.1) is 0 Å². The number of alkyl halides is 3. The van der Waals surface area contributed by atoms with Crippen molar-refractivity contribution < 1.29 is 31.1 Å². The Morgan fingerprint density at radius 1 is 1.14 bits per heavy atom. The number of amides is 1. The second-order valence-corrected chi connectivity index (χ2v) is 11.0. The molecule has 0 aromatic heterocycles. The Balaban J connectivity index is 1.49. The minimum atomic E-state index is -4.74. The molecule has 0 saturated heterocycles. The number of ether oxygens (including phenoxy) is 1. The van der Waals surface area contributed by atoms with E-state index in [-0.39, 0.29) is 25.7 Å². The summed E-state index contributed by atoms with van der Waals surface area (Å²) in [5.41, 5.74) is 0.720. The molecule has 0 unspecified atom stereocenters. The molecule has 14 heteroatoms. The Morgan fingerprint density at radius 3 is 2.30 bits per heavy atom. The van der Waals surface area contributed by atoms with Crippen molar-refractivity contribution in [1.82, 2.24) is 14.5 Å². The summed E-state index contributed by atoms with van der Waals surface area (Å²) in [5.74, 6) is 0.532. The highest BCUT2D eigenvalue weighted by atomic mass is 35.5. The van der Waals surface area contributed by atoms with E-state index < -0.39 is 36.7 Å². The first-order valence-electron chi connectivity index (χ1n) is 11.0. The highest BCUT2D eigenvalue weighted by molar-refractivity contribution is 7.89. The first kappa shape index (κ1) is 29.2. The maximum Gasteiger partial charge on any atom is 0.416 e. The molecule has 0 radical (unpaired) electrons. The standard InChI is InChI=1S/C23H25Cl2F3N4O4S/c1-31(13-15-3-5-16(6-4-15)22-29-7-8-30-22)20(33)14-36-10-9-32(2)37(34,35)21-18(24)11-17(12-19(21)25)23(26,27)28/h3-6,11-12H,7-10,13-14H2,1-2H3,(H,29,30). The van der Waals surface area contributed by atoms with E-state index in [0.717, 1.165) is 34.4 Å². The molecule has 0 saturated carbocycles. The van der Waals surface area contributed by atoms with Crippen LogP contribution in [0.25, 0.3) is 0 Å². The number of hydrogen-bond donors (Lipinski definition) is 1. The highest BCUT2D eigenvalue weighted by Gasteiger charge is 2.35. The topological polar surface area (TPSA) is 91.3 Å². The zero-order chi connectivity index (χ0) is 27.4. The normalized spacial score (nSPS) is 14.0. The van der Waals surface area contributed by atoms with Gasteiger partial charge >= 0.3 is 6.18 Å². The quantitative estimate of drug-likeness (QED) is 0.433. The van der Waals surface area contributed by atoms with Crippen molar-refractivity contribution in [3.8, 4) is 0 Å². The number of aliphatic imine (C=N–C) groups is 1. The van der Waals surface area contributed by atoms with Crippen molar-refractivity contribution in [2.45, 2.75) is 17.6 Å². The van der Waals surface area contributed by atoms with E-state index in [1.807, 2.05) is 24.3 Å². The van der Waals surface area contributed by atoms with Crippen LogP contribution in [-0.4, -0.2) is 76.3 Å². The van der Waals surface area contributed by atoms with E-state index in [1.165, 1.54) is 11.9 Å². The molecule has 0 bridgehead atoms. The number of carbonyl (C=O) groups excluding carboxylic acids is 1. The van der Waals surface area contributed by atoms with Gasteiger partial charge < -0.3 is 15.0 Å². The Kier molecular flexibility index (Phi) is 9.46.